The average Bonchev–Trinajstić information content (AvgIpc) is 2.97. The van der Waals surface area contributed by atoms with E-state index in [1.165, 1.54) is 10.7 Å². The molecule has 9 nitrogen and oxygen atoms in total. The van der Waals surface area contributed by atoms with Crippen LogP contribution in [-0.4, -0.2) is 61.4 Å². The van der Waals surface area contributed by atoms with Crippen molar-refractivity contribution in [1.82, 2.24) is 19.5 Å². The Bertz CT molecular complexity index is 826. The molecule has 9 heteroatoms. The lowest BCUT2D eigenvalue weighted by atomic mass is 10.1. The SMILES string of the molecule is CC(C)(C)OC(=O)N1CCC[C@@H](Nc2ccn3ncc(C(=O)O)c3n2)C1. The van der Waals surface area contributed by atoms with Gasteiger partial charge in [-0.2, -0.15) is 5.10 Å². The van der Waals surface area contributed by atoms with Gasteiger partial charge in [0.2, 0.25) is 0 Å². The first kappa shape index (κ1) is 18.0. The highest BCUT2D eigenvalue weighted by Gasteiger charge is 2.27. The molecule has 1 aliphatic heterocycles. The lowest BCUT2D eigenvalue weighted by Gasteiger charge is -2.34. The highest BCUT2D eigenvalue weighted by atomic mass is 16.6. The van der Waals surface area contributed by atoms with Crippen LogP contribution in [0.1, 0.15) is 44.0 Å². The van der Waals surface area contributed by atoms with Crippen LogP contribution in [0.3, 0.4) is 0 Å². The quantitative estimate of drug-likeness (QED) is 0.863. The van der Waals surface area contributed by atoms with E-state index in [0.29, 0.717) is 18.9 Å². The summed E-state index contributed by atoms with van der Waals surface area (Å²) in [6.45, 7) is 6.69. The van der Waals surface area contributed by atoms with Crippen molar-refractivity contribution in [1.29, 1.82) is 0 Å². The molecule has 2 aromatic heterocycles. The van der Waals surface area contributed by atoms with Crippen molar-refractivity contribution in [3.8, 4) is 0 Å². The molecule has 0 radical (unpaired) electrons. The lowest BCUT2D eigenvalue weighted by molar-refractivity contribution is 0.0206. The summed E-state index contributed by atoms with van der Waals surface area (Å²) in [6, 6.07) is 1.75. The van der Waals surface area contributed by atoms with Crippen LogP contribution in [-0.2, 0) is 4.74 Å². The van der Waals surface area contributed by atoms with E-state index < -0.39 is 11.6 Å². The number of piperidine rings is 1. The maximum absolute atomic E-state index is 12.3. The van der Waals surface area contributed by atoms with Gasteiger partial charge in [0.15, 0.2) is 5.65 Å². The molecule has 2 aromatic rings. The Hall–Kier alpha value is -2.84. The van der Waals surface area contributed by atoms with Crippen LogP contribution in [0.25, 0.3) is 5.65 Å². The summed E-state index contributed by atoms with van der Waals surface area (Å²) < 4.78 is 6.85. The van der Waals surface area contributed by atoms with Gasteiger partial charge in [0.25, 0.3) is 0 Å². The predicted octanol–water partition coefficient (Wildman–Crippen LogP) is 2.24. The monoisotopic (exact) mass is 361 g/mol. The Labute approximate surface area is 151 Å². The molecule has 3 rings (SSSR count). The third-order valence-electron chi connectivity index (χ3n) is 4.02. The molecular weight excluding hydrogens is 338 g/mol. The highest BCUT2D eigenvalue weighted by molar-refractivity contribution is 5.94. The molecule has 1 fully saturated rings. The van der Waals surface area contributed by atoms with Gasteiger partial charge < -0.3 is 20.1 Å². The van der Waals surface area contributed by atoms with Gasteiger partial charge in [0, 0.05) is 25.3 Å². The topological polar surface area (TPSA) is 109 Å². The number of hydrogen-bond donors (Lipinski definition) is 2. The zero-order chi connectivity index (χ0) is 18.9. The zero-order valence-electron chi connectivity index (χ0n) is 15.1. The summed E-state index contributed by atoms with van der Waals surface area (Å²) in [7, 11) is 0. The highest BCUT2D eigenvalue weighted by Crippen LogP contribution is 2.19. The van der Waals surface area contributed by atoms with Crippen LogP contribution in [0.4, 0.5) is 10.6 Å². The number of carbonyl (C=O) groups excluding carboxylic acids is 1. The Morgan fingerprint density at radius 3 is 2.85 bits per heavy atom. The van der Waals surface area contributed by atoms with Crippen LogP contribution in [0.15, 0.2) is 18.5 Å². The van der Waals surface area contributed by atoms with Crippen LogP contribution >= 0.6 is 0 Å². The van der Waals surface area contributed by atoms with E-state index in [9.17, 15) is 14.7 Å². The third-order valence-corrected chi connectivity index (χ3v) is 4.02. The zero-order valence-corrected chi connectivity index (χ0v) is 15.1. The molecule has 1 amide bonds. The number of rotatable bonds is 3. The maximum Gasteiger partial charge on any atom is 0.410 e. The standard InChI is InChI=1S/C17H23N5O4/c1-17(2,3)26-16(25)21-7-4-5-11(10-21)19-13-6-8-22-14(20-13)12(9-18-22)15(23)24/h6,8-9,11H,4-5,7,10H2,1-3H3,(H,19,20)(H,23,24)/t11-/m1/s1. The Morgan fingerprint density at radius 2 is 2.15 bits per heavy atom. The maximum atomic E-state index is 12.3. The fraction of sp³-hybridized carbons (Fsp3) is 0.529. The molecule has 0 saturated carbocycles. The summed E-state index contributed by atoms with van der Waals surface area (Å²) in [5.41, 5.74) is -0.200. The minimum Gasteiger partial charge on any atom is -0.477 e. The van der Waals surface area contributed by atoms with Crippen molar-refractivity contribution in [3.63, 3.8) is 0 Å². The average molecular weight is 361 g/mol. The Morgan fingerprint density at radius 1 is 1.38 bits per heavy atom. The van der Waals surface area contributed by atoms with Gasteiger partial charge in [0.1, 0.15) is 17.0 Å². The third kappa shape index (κ3) is 4.04. The molecule has 0 bridgehead atoms. The molecular formula is C17H23N5O4. The Kier molecular flexibility index (Phi) is 4.71. The molecule has 0 unspecified atom stereocenters. The van der Waals surface area contributed by atoms with Crippen molar-refractivity contribution < 1.29 is 19.4 Å². The molecule has 2 N–H and O–H groups in total. The number of aromatic carboxylic acids is 1. The summed E-state index contributed by atoms with van der Waals surface area (Å²) >= 11 is 0. The number of nitrogens with one attached hydrogen (secondary N) is 1. The molecule has 1 atom stereocenters. The first-order valence-corrected chi connectivity index (χ1v) is 8.55. The van der Waals surface area contributed by atoms with Crippen LogP contribution in [0.2, 0.25) is 0 Å². The number of hydrogen-bond acceptors (Lipinski definition) is 6. The number of fused-ring (bicyclic) bond motifs is 1. The number of likely N-dealkylation sites (tertiary alicyclic amines) is 1. The van der Waals surface area contributed by atoms with Gasteiger partial charge in [-0.05, 0) is 39.7 Å². The largest absolute Gasteiger partial charge is 0.477 e. The number of aromatic nitrogens is 3. The number of carboxylic acids is 1. The van der Waals surface area contributed by atoms with Crippen molar-refractivity contribution in [2.45, 2.75) is 45.3 Å². The second-order valence-electron chi connectivity index (χ2n) is 7.35. The number of ether oxygens (including phenoxy) is 1. The number of carbonyl (C=O) groups is 2. The van der Waals surface area contributed by atoms with Crippen molar-refractivity contribution >= 4 is 23.5 Å². The van der Waals surface area contributed by atoms with Crippen LogP contribution < -0.4 is 5.32 Å². The summed E-state index contributed by atoms with van der Waals surface area (Å²) in [5.74, 6) is -0.519. The fourth-order valence-electron chi connectivity index (χ4n) is 2.90. The van der Waals surface area contributed by atoms with E-state index in [1.807, 2.05) is 20.8 Å². The second kappa shape index (κ2) is 6.81. The van der Waals surface area contributed by atoms with Crippen molar-refractivity contribution in [2.24, 2.45) is 0 Å². The van der Waals surface area contributed by atoms with Gasteiger partial charge >= 0.3 is 12.1 Å². The summed E-state index contributed by atoms with van der Waals surface area (Å²) in [4.78, 5) is 29.5. The minimum atomic E-state index is -1.07. The van der Waals surface area contributed by atoms with E-state index in [0.717, 1.165) is 12.8 Å². The normalized spacial score (nSPS) is 18.0. The first-order valence-electron chi connectivity index (χ1n) is 8.55. The second-order valence-corrected chi connectivity index (χ2v) is 7.35. The fourth-order valence-corrected chi connectivity index (χ4v) is 2.90. The molecule has 26 heavy (non-hydrogen) atoms. The molecule has 140 valence electrons. The predicted molar refractivity (Wildman–Crippen MR) is 94.4 cm³/mol. The number of nitrogens with zero attached hydrogens (tertiary/aromatic N) is 4. The van der Waals surface area contributed by atoms with Gasteiger partial charge in [-0.25, -0.2) is 19.1 Å². The van der Waals surface area contributed by atoms with E-state index in [-0.39, 0.29) is 23.3 Å². The van der Waals surface area contributed by atoms with Gasteiger partial charge in [0.05, 0.1) is 6.20 Å². The molecule has 0 spiro atoms. The molecule has 1 saturated heterocycles. The summed E-state index contributed by atoms with van der Waals surface area (Å²) in [6.07, 6.45) is 4.35. The number of anilines is 1. The molecule has 3 heterocycles. The van der Waals surface area contributed by atoms with E-state index in [4.69, 9.17) is 4.74 Å². The van der Waals surface area contributed by atoms with Gasteiger partial charge in [-0.15, -0.1) is 0 Å². The number of carboxylic acid groups (broad SMARTS) is 1. The van der Waals surface area contributed by atoms with Crippen LogP contribution in [0.5, 0.6) is 0 Å². The van der Waals surface area contributed by atoms with E-state index in [2.05, 4.69) is 15.4 Å². The Balaban J connectivity index is 1.70. The van der Waals surface area contributed by atoms with Crippen LogP contribution in [0, 0.1) is 0 Å². The summed E-state index contributed by atoms with van der Waals surface area (Å²) in [5, 5.41) is 16.5. The minimum absolute atomic E-state index is 0.0161. The number of amides is 1. The van der Waals surface area contributed by atoms with Crippen molar-refractivity contribution in [3.05, 3.63) is 24.0 Å². The van der Waals surface area contributed by atoms with Gasteiger partial charge in [-0.1, -0.05) is 0 Å². The molecule has 0 aromatic carbocycles. The molecule has 0 aliphatic carbocycles. The van der Waals surface area contributed by atoms with Crippen molar-refractivity contribution in [2.75, 3.05) is 18.4 Å². The first-order chi connectivity index (χ1) is 12.2. The smallest absolute Gasteiger partial charge is 0.410 e. The lowest BCUT2D eigenvalue weighted by Crippen LogP contribution is -2.47. The molecule has 1 aliphatic rings. The van der Waals surface area contributed by atoms with E-state index >= 15 is 0 Å². The van der Waals surface area contributed by atoms with Gasteiger partial charge in [-0.3, -0.25) is 0 Å². The van der Waals surface area contributed by atoms with E-state index in [1.54, 1.807) is 17.2 Å².